The fraction of sp³-hybridized carbons (Fsp3) is 0.250. The molecule has 74 valence electrons. The minimum absolute atomic E-state index is 0.300. The van der Waals surface area contributed by atoms with E-state index in [2.05, 4.69) is 0 Å². The second-order valence-corrected chi connectivity index (χ2v) is 2.80. The first kappa shape index (κ1) is 10.1. The first-order chi connectivity index (χ1) is 6.58. The van der Waals surface area contributed by atoms with E-state index in [0.29, 0.717) is 11.1 Å². The van der Waals surface area contributed by atoms with Crippen LogP contribution >= 0.6 is 0 Å². The highest BCUT2D eigenvalue weighted by Crippen LogP contribution is 2.07. The van der Waals surface area contributed by atoms with Crippen LogP contribution in [0, 0.1) is 20.2 Å². The third-order valence-corrected chi connectivity index (χ3v) is 1.61. The lowest BCUT2D eigenvalue weighted by atomic mass is 10.1. The van der Waals surface area contributed by atoms with Crippen molar-refractivity contribution in [3.8, 4) is 0 Å². The van der Waals surface area contributed by atoms with E-state index in [1.807, 2.05) is 0 Å². The minimum Gasteiger partial charge on any atom is -0.264 e. The third kappa shape index (κ3) is 3.18. The van der Waals surface area contributed by atoms with Gasteiger partial charge in [-0.2, -0.15) is 0 Å². The maximum atomic E-state index is 10.2. The predicted octanol–water partition coefficient (Wildman–Crippen LogP) is 1.24. The smallest absolute Gasteiger partial charge is 0.228 e. The SMILES string of the molecule is O=[N+]([O-])Cc1cccc(C[N+](=O)[O-])c1. The van der Waals surface area contributed by atoms with Crippen molar-refractivity contribution in [2.75, 3.05) is 0 Å². The molecule has 0 saturated heterocycles. The third-order valence-electron chi connectivity index (χ3n) is 1.61. The van der Waals surface area contributed by atoms with Crippen LogP contribution in [0.25, 0.3) is 0 Å². The largest absolute Gasteiger partial charge is 0.264 e. The molecule has 0 amide bonds. The van der Waals surface area contributed by atoms with Gasteiger partial charge in [0.15, 0.2) is 0 Å². The Labute approximate surface area is 79.5 Å². The Bertz CT molecular complexity index is 333. The summed E-state index contributed by atoms with van der Waals surface area (Å²) in [4.78, 5) is 19.4. The van der Waals surface area contributed by atoms with E-state index in [0.717, 1.165) is 0 Å². The molecule has 0 radical (unpaired) electrons. The van der Waals surface area contributed by atoms with Crippen molar-refractivity contribution in [2.24, 2.45) is 0 Å². The molecule has 0 heterocycles. The first-order valence-electron chi connectivity index (χ1n) is 3.89. The summed E-state index contributed by atoms with van der Waals surface area (Å²) in [6, 6.07) is 6.21. The molecule has 0 N–H and O–H groups in total. The molecular weight excluding hydrogens is 188 g/mol. The summed E-state index contributed by atoms with van der Waals surface area (Å²) in [6.07, 6.45) is 0. The molecule has 0 spiro atoms. The van der Waals surface area contributed by atoms with E-state index in [1.165, 1.54) is 6.07 Å². The molecule has 0 saturated carbocycles. The van der Waals surface area contributed by atoms with Crippen LogP contribution in [0.5, 0.6) is 0 Å². The number of rotatable bonds is 4. The minimum atomic E-state index is -0.467. The van der Waals surface area contributed by atoms with Gasteiger partial charge in [0, 0.05) is 21.0 Å². The Balaban J connectivity index is 2.78. The second-order valence-electron chi connectivity index (χ2n) is 2.80. The van der Waals surface area contributed by atoms with Crippen LogP contribution in [0.4, 0.5) is 0 Å². The van der Waals surface area contributed by atoms with Crippen LogP contribution in [-0.4, -0.2) is 9.85 Å². The fourth-order valence-corrected chi connectivity index (χ4v) is 1.12. The zero-order valence-electron chi connectivity index (χ0n) is 7.25. The highest BCUT2D eigenvalue weighted by molar-refractivity contribution is 5.22. The van der Waals surface area contributed by atoms with Crippen LogP contribution in [-0.2, 0) is 13.1 Å². The number of nitro groups is 2. The van der Waals surface area contributed by atoms with Gasteiger partial charge in [0.1, 0.15) is 0 Å². The van der Waals surface area contributed by atoms with Gasteiger partial charge in [-0.25, -0.2) is 0 Å². The van der Waals surface area contributed by atoms with Crippen molar-refractivity contribution in [3.63, 3.8) is 0 Å². The number of nitrogens with zero attached hydrogens (tertiary/aromatic N) is 2. The molecule has 1 aromatic rings. The second kappa shape index (κ2) is 4.31. The highest BCUT2D eigenvalue weighted by Gasteiger charge is 2.05. The van der Waals surface area contributed by atoms with Crippen molar-refractivity contribution in [1.29, 1.82) is 0 Å². The molecular formula is C8H8N2O4. The summed E-state index contributed by atoms with van der Waals surface area (Å²) in [5.41, 5.74) is 0.962. The van der Waals surface area contributed by atoms with Crippen molar-refractivity contribution in [3.05, 3.63) is 55.6 Å². The van der Waals surface area contributed by atoms with Crippen LogP contribution in [0.1, 0.15) is 11.1 Å². The normalized spacial score (nSPS) is 9.71. The first-order valence-corrected chi connectivity index (χ1v) is 3.89. The van der Waals surface area contributed by atoms with Gasteiger partial charge in [0.25, 0.3) is 0 Å². The summed E-state index contributed by atoms with van der Waals surface area (Å²) in [6.45, 7) is -0.600. The van der Waals surface area contributed by atoms with E-state index in [-0.39, 0.29) is 13.1 Å². The predicted molar refractivity (Wildman–Crippen MR) is 47.8 cm³/mol. The lowest BCUT2D eigenvalue weighted by molar-refractivity contribution is -0.498. The van der Waals surface area contributed by atoms with Crippen LogP contribution < -0.4 is 0 Å². The molecule has 0 aliphatic carbocycles. The van der Waals surface area contributed by atoms with Gasteiger partial charge in [-0.3, -0.25) is 20.2 Å². The highest BCUT2D eigenvalue weighted by atomic mass is 16.6. The van der Waals surface area contributed by atoms with Crippen molar-refractivity contribution >= 4 is 0 Å². The van der Waals surface area contributed by atoms with Crippen LogP contribution in [0.2, 0.25) is 0 Å². The van der Waals surface area contributed by atoms with Crippen molar-refractivity contribution in [2.45, 2.75) is 13.1 Å². The van der Waals surface area contributed by atoms with Gasteiger partial charge in [-0.1, -0.05) is 18.2 Å². The summed E-state index contributed by atoms with van der Waals surface area (Å²) in [5.74, 6) is 0. The Morgan fingerprint density at radius 2 is 1.43 bits per heavy atom. The lowest BCUT2D eigenvalue weighted by Gasteiger charge is -1.97. The van der Waals surface area contributed by atoms with Crippen LogP contribution in [0.3, 0.4) is 0 Å². The maximum Gasteiger partial charge on any atom is 0.228 e. The molecule has 6 nitrogen and oxygen atoms in total. The summed E-state index contributed by atoms with van der Waals surface area (Å²) < 4.78 is 0. The Kier molecular flexibility index (Phi) is 3.11. The topological polar surface area (TPSA) is 86.3 Å². The average molecular weight is 196 g/mol. The van der Waals surface area contributed by atoms with Crippen molar-refractivity contribution < 1.29 is 9.85 Å². The Hall–Kier alpha value is -1.98. The molecule has 0 unspecified atom stereocenters. The monoisotopic (exact) mass is 196 g/mol. The number of hydrogen-bond acceptors (Lipinski definition) is 4. The maximum absolute atomic E-state index is 10.2. The molecule has 14 heavy (non-hydrogen) atoms. The van der Waals surface area contributed by atoms with E-state index < -0.39 is 9.85 Å². The Morgan fingerprint density at radius 3 is 1.79 bits per heavy atom. The van der Waals surface area contributed by atoms with E-state index in [9.17, 15) is 20.2 Å². The van der Waals surface area contributed by atoms with Crippen LogP contribution in [0.15, 0.2) is 24.3 Å². The molecule has 1 aromatic carbocycles. The van der Waals surface area contributed by atoms with Gasteiger partial charge in [0.05, 0.1) is 0 Å². The summed E-state index contributed by atoms with van der Waals surface area (Å²) in [5, 5.41) is 20.3. The van der Waals surface area contributed by atoms with E-state index in [4.69, 9.17) is 0 Å². The quantitative estimate of drug-likeness (QED) is 0.535. The zero-order valence-corrected chi connectivity index (χ0v) is 7.25. The molecule has 0 atom stereocenters. The standard InChI is InChI=1S/C8H8N2O4/c11-9(12)5-7-2-1-3-8(4-7)6-10(13)14/h1-4H,5-6H2. The van der Waals surface area contributed by atoms with Gasteiger partial charge >= 0.3 is 0 Å². The van der Waals surface area contributed by atoms with E-state index >= 15 is 0 Å². The van der Waals surface area contributed by atoms with Gasteiger partial charge in [0.2, 0.25) is 13.1 Å². The molecule has 0 aliphatic rings. The van der Waals surface area contributed by atoms with Gasteiger partial charge in [-0.15, -0.1) is 0 Å². The molecule has 0 bridgehead atoms. The molecule has 6 heteroatoms. The fourth-order valence-electron chi connectivity index (χ4n) is 1.12. The van der Waals surface area contributed by atoms with Gasteiger partial charge in [-0.05, 0) is 6.07 Å². The lowest BCUT2D eigenvalue weighted by Crippen LogP contribution is -2.01. The molecule has 0 aromatic heterocycles. The zero-order chi connectivity index (χ0) is 10.6. The summed E-state index contributed by atoms with van der Waals surface area (Å²) in [7, 11) is 0. The van der Waals surface area contributed by atoms with E-state index in [1.54, 1.807) is 18.2 Å². The number of benzene rings is 1. The molecule has 0 fully saturated rings. The summed E-state index contributed by atoms with van der Waals surface area (Å²) >= 11 is 0. The average Bonchev–Trinajstić information content (AvgIpc) is 2.01. The number of hydrogen-bond donors (Lipinski definition) is 0. The molecule has 1 rings (SSSR count). The Morgan fingerprint density at radius 1 is 1.00 bits per heavy atom. The van der Waals surface area contributed by atoms with Crippen molar-refractivity contribution in [1.82, 2.24) is 0 Å². The van der Waals surface area contributed by atoms with Gasteiger partial charge < -0.3 is 0 Å². The molecule has 0 aliphatic heterocycles.